The molecule has 2 rings (SSSR count). The molecule has 0 atom stereocenters. The third kappa shape index (κ3) is 4.67. The molecule has 1 saturated heterocycles. The van der Waals surface area contributed by atoms with Crippen LogP contribution in [0, 0.1) is 0 Å². The molecule has 0 radical (unpaired) electrons. The lowest BCUT2D eigenvalue weighted by Gasteiger charge is -2.23. The Labute approximate surface area is 127 Å². The van der Waals surface area contributed by atoms with E-state index in [1.807, 2.05) is 0 Å². The molecule has 1 aromatic rings. The Balaban J connectivity index is 1.92. The van der Waals surface area contributed by atoms with E-state index in [9.17, 15) is 21.6 Å². The lowest BCUT2D eigenvalue weighted by atomic mass is 10.2. The maximum atomic E-state index is 12.4. The first-order valence-corrected chi connectivity index (χ1v) is 8.35. The lowest BCUT2D eigenvalue weighted by molar-refractivity contribution is -0.906. The second-order valence-corrected chi connectivity index (χ2v) is 6.80. The van der Waals surface area contributed by atoms with Crippen molar-refractivity contribution in [1.29, 1.82) is 0 Å². The van der Waals surface area contributed by atoms with Crippen molar-refractivity contribution < 1.29 is 31.2 Å². The molecule has 2 N–H and O–H groups in total. The van der Waals surface area contributed by atoms with Crippen LogP contribution in [0.1, 0.15) is 5.56 Å². The van der Waals surface area contributed by atoms with Crippen LogP contribution in [0.25, 0.3) is 0 Å². The molecule has 22 heavy (non-hydrogen) atoms. The minimum absolute atomic E-state index is 0.169. The summed E-state index contributed by atoms with van der Waals surface area (Å²) in [5, 5.41) is 0. The van der Waals surface area contributed by atoms with Crippen LogP contribution in [0.4, 0.5) is 13.2 Å². The van der Waals surface area contributed by atoms with Gasteiger partial charge in [0.15, 0.2) is 0 Å². The zero-order valence-electron chi connectivity index (χ0n) is 11.8. The van der Waals surface area contributed by atoms with Crippen LogP contribution in [0.15, 0.2) is 29.2 Å². The Kier molecular flexibility index (Phi) is 5.43. The molecular formula is C13H18F3N2O3S+. The summed E-state index contributed by atoms with van der Waals surface area (Å²) >= 11 is 0. The van der Waals surface area contributed by atoms with Gasteiger partial charge < -0.3 is 9.64 Å². The first kappa shape index (κ1) is 17.2. The zero-order chi connectivity index (χ0) is 16.2. The van der Waals surface area contributed by atoms with E-state index in [0.29, 0.717) is 19.8 Å². The minimum Gasteiger partial charge on any atom is -0.370 e. The molecule has 124 valence electrons. The van der Waals surface area contributed by atoms with Gasteiger partial charge in [-0.05, 0) is 24.3 Å². The fourth-order valence-corrected chi connectivity index (χ4v) is 3.21. The molecule has 0 bridgehead atoms. The summed E-state index contributed by atoms with van der Waals surface area (Å²) in [4.78, 5) is 1.07. The second kappa shape index (κ2) is 6.95. The molecule has 0 aliphatic carbocycles. The normalized spacial score (nSPS) is 17.6. The molecular weight excluding hydrogens is 321 g/mol. The van der Waals surface area contributed by atoms with Crippen molar-refractivity contribution in [3.05, 3.63) is 29.8 Å². The quantitative estimate of drug-likeness (QED) is 0.788. The first-order valence-electron chi connectivity index (χ1n) is 6.87. The smallest absolute Gasteiger partial charge is 0.370 e. The molecule has 1 aromatic carbocycles. The number of quaternary nitrogens is 1. The summed E-state index contributed by atoms with van der Waals surface area (Å²) in [5.74, 6) is 0. The number of morpholine rings is 1. The van der Waals surface area contributed by atoms with E-state index in [0.717, 1.165) is 37.4 Å². The third-order valence-corrected chi connectivity index (χ3v) is 4.94. The number of rotatable bonds is 5. The monoisotopic (exact) mass is 339 g/mol. The zero-order valence-corrected chi connectivity index (χ0v) is 12.6. The predicted molar refractivity (Wildman–Crippen MR) is 73.0 cm³/mol. The number of hydrogen-bond donors (Lipinski definition) is 2. The Morgan fingerprint density at radius 3 is 2.27 bits per heavy atom. The topological polar surface area (TPSA) is 59.8 Å². The van der Waals surface area contributed by atoms with Crippen LogP contribution < -0.4 is 9.62 Å². The number of alkyl halides is 3. The maximum absolute atomic E-state index is 12.4. The van der Waals surface area contributed by atoms with Gasteiger partial charge in [-0.3, -0.25) is 0 Å². The average Bonchev–Trinajstić information content (AvgIpc) is 2.47. The predicted octanol–water partition coefficient (Wildman–Crippen LogP) is -0.101. The van der Waals surface area contributed by atoms with Crippen LogP contribution in [-0.4, -0.2) is 47.8 Å². The van der Waals surface area contributed by atoms with Gasteiger partial charge in [0.2, 0.25) is 10.0 Å². The number of sulfonamides is 1. The molecule has 0 amide bonds. The molecule has 1 aliphatic rings. The minimum atomic E-state index is -4.48. The summed E-state index contributed by atoms with van der Waals surface area (Å²) in [6.07, 6.45) is -4.48. The van der Waals surface area contributed by atoms with E-state index in [1.165, 1.54) is 4.90 Å². The standard InChI is InChI=1S/C13H17F3N2O3S/c14-13(15,16)11-1-3-12(4-2-11)22(19,20)17-5-6-18-7-9-21-10-8-18/h1-4,17H,5-10H2/p+1. The van der Waals surface area contributed by atoms with Gasteiger partial charge >= 0.3 is 6.18 Å². The third-order valence-electron chi connectivity index (χ3n) is 3.46. The van der Waals surface area contributed by atoms with E-state index in [1.54, 1.807) is 0 Å². The summed E-state index contributed by atoms with van der Waals surface area (Å²) in [6, 6.07) is 3.46. The van der Waals surface area contributed by atoms with Gasteiger partial charge in [0.1, 0.15) is 13.1 Å². The SMILES string of the molecule is O=S(=O)(NCC[NH+]1CCOCC1)c1ccc(C(F)(F)F)cc1. The molecule has 0 saturated carbocycles. The van der Waals surface area contributed by atoms with Crippen molar-refractivity contribution in [3.8, 4) is 0 Å². The van der Waals surface area contributed by atoms with Crippen LogP contribution in [0.5, 0.6) is 0 Å². The number of hydrogen-bond acceptors (Lipinski definition) is 3. The Bertz CT molecular complexity index is 582. The number of ether oxygens (including phenoxy) is 1. The molecule has 0 unspecified atom stereocenters. The first-order chi connectivity index (χ1) is 10.3. The largest absolute Gasteiger partial charge is 0.416 e. The highest BCUT2D eigenvalue weighted by Crippen LogP contribution is 2.29. The van der Waals surface area contributed by atoms with Crippen molar-refractivity contribution >= 4 is 10.0 Å². The number of benzene rings is 1. The Morgan fingerprint density at radius 1 is 1.14 bits per heavy atom. The van der Waals surface area contributed by atoms with Gasteiger partial charge in [0.25, 0.3) is 0 Å². The summed E-state index contributed by atoms with van der Waals surface area (Å²) in [5.41, 5.74) is -0.871. The fraction of sp³-hybridized carbons (Fsp3) is 0.538. The number of nitrogens with one attached hydrogen (secondary N) is 2. The molecule has 9 heteroatoms. The van der Waals surface area contributed by atoms with Crippen LogP contribution in [0.2, 0.25) is 0 Å². The van der Waals surface area contributed by atoms with Crippen LogP contribution in [0.3, 0.4) is 0 Å². The van der Waals surface area contributed by atoms with Gasteiger partial charge in [-0.2, -0.15) is 13.2 Å². The Morgan fingerprint density at radius 2 is 1.73 bits per heavy atom. The van der Waals surface area contributed by atoms with Gasteiger partial charge in [-0.25, -0.2) is 13.1 Å². The highest BCUT2D eigenvalue weighted by atomic mass is 32.2. The fourth-order valence-electron chi connectivity index (χ4n) is 2.18. The molecule has 0 aromatic heterocycles. The summed E-state index contributed by atoms with van der Waals surface area (Å²) in [7, 11) is -3.79. The highest BCUT2D eigenvalue weighted by Gasteiger charge is 2.30. The van der Waals surface area contributed by atoms with Crippen molar-refractivity contribution in [1.82, 2.24) is 4.72 Å². The molecule has 0 spiro atoms. The van der Waals surface area contributed by atoms with E-state index in [-0.39, 0.29) is 11.4 Å². The van der Waals surface area contributed by atoms with Gasteiger partial charge in [-0.15, -0.1) is 0 Å². The van der Waals surface area contributed by atoms with Gasteiger partial charge in [-0.1, -0.05) is 0 Å². The molecule has 1 heterocycles. The lowest BCUT2D eigenvalue weighted by Crippen LogP contribution is -3.14. The van der Waals surface area contributed by atoms with Crippen molar-refractivity contribution in [3.63, 3.8) is 0 Å². The van der Waals surface area contributed by atoms with Gasteiger partial charge in [0.05, 0.1) is 36.8 Å². The van der Waals surface area contributed by atoms with E-state index in [4.69, 9.17) is 4.74 Å². The average molecular weight is 339 g/mol. The second-order valence-electron chi connectivity index (χ2n) is 5.03. The molecule has 1 aliphatic heterocycles. The van der Waals surface area contributed by atoms with Crippen LogP contribution >= 0.6 is 0 Å². The van der Waals surface area contributed by atoms with Gasteiger partial charge in [0, 0.05) is 0 Å². The van der Waals surface area contributed by atoms with E-state index >= 15 is 0 Å². The molecule has 5 nitrogen and oxygen atoms in total. The highest BCUT2D eigenvalue weighted by molar-refractivity contribution is 7.89. The summed E-state index contributed by atoms with van der Waals surface area (Å²) in [6.45, 7) is 3.80. The van der Waals surface area contributed by atoms with Crippen molar-refractivity contribution in [2.24, 2.45) is 0 Å². The Hall–Kier alpha value is -1.16. The summed E-state index contributed by atoms with van der Waals surface area (Å²) < 4.78 is 69.0. The number of halogens is 3. The van der Waals surface area contributed by atoms with Crippen LogP contribution in [-0.2, 0) is 20.9 Å². The van der Waals surface area contributed by atoms with Crippen molar-refractivity contribution in [2.45, 2.75) is 11.1 Å². The van der Waals surface area contributed by atoms with E-state index in [2.05, 4.69) is 4.72 Å². The molecule has 1 fully saturated rings. The van der Waals surface area contributed by atoms with E-state index < -0.39 is 21.8 Å². The van der Waals surface area contributed by atoms with Crippen molar-refractivity contribution in [2.75, 3.05) is 39.4 Å². The maximum Gasteiger partial charge on any atom is 0.416 e.